The van der Waals surface area contributed by atoms with E-state index in [4.69, 9.17) is 5.11 Å². The summed E-state index contributed by atoms with van der Waals surface area (Å²) < 4.78 is 1.60. The van der Waals surface area contributed by atoms with Crippen molar-refractivity contribution in [3.05, 3.63) is 28.7 Å². The summed E-state index contributed by atoms with van der Waals surface area (Å²) in [5.41, 5.74) is 0.462. The van der Waals surface area contributed by atoms with Crippen LogP contribution in [0.4, 0.5) is 4.79 Å². The molecule has 0 bridgehead atoms. The van der Waals surface area contributed by atoms with Crippen LogP contribution >= 0.6 is 15.9 Å². The lowest BCUT2D eigenvalue weighted by atomic mass is 10.2. The molecular formula is C9H6BrNO3. The fourth-order valence-corrected chi connectivity index (χ4v) is 1.71. The summed E-state index contributed by atoms with van der Waals surface area (Å²) in [7, 11) is 0. The van der Waals surface area contributed by atoms with Crippen LogP contribution in [0.25, 0.3) is 10.9 Å². The fraction of sp³-hybridized carbons (Fsp3) is 0. The second-order valence-electron chi connectivity index (χ2n) is 2.82. The lowest BCUT2D eigenvalue weighted by molar-refractivity contribution is 0.194. The predicted molar refractivity (Wildman–Crippen MR) is 54.7 cm³/mol. The van der Waals surface area contributed by atoms with Crippen LogP contribution < -0.4 is 0 Å². The van der Waals surface area contributed by atoms with Crippen LogP contribution in [-0.4, -0.2) is 20.9 Å². The van der Waals surface area contributed by atoms with Gasteiger partial charge in [0.25, 0.3) is 0 Å². The molecule has 0 aliphatic carbocycles. The fourth-order valence-electron chi connectivity index (χ4n) is 1.36. The average Bonchev–Trinajstić information content (AvgIpc) is 2.40. The molecule has 72 valence electrons. The quantitative estimate of drug-likeness (QED) is 0.761. The summed E-state index contributed by atoms with van der Waals surface area (Å²) in [5, 5.41) is 18.9. The SMILES string of the molecule is O=C(O)n1c(O)cc2ccc(Br)cc21. The molecule has 0 radical (unpaired) electrons. The molecule has 0 unspecified atom stereocenters. The van der Waals surface area contributed by atoms with E-state index in [2.05, 4.69) is 15.9 Å². The van der Waals surface area contributed by atoms with Gasteiger partial charge in [-0.15, -0.1) is 0 Å². The first-order valence-electron chi connectivity index (χ1n) is 3.83. The Morgan fingerprint density at radius 2 is 2.07 bits per heavy atom. The van der Waals surface area contributed by atoms with Crippen molar-refractivity contribution in [2.24, 2.45) is 0 Å². The largest absolute Gasteiger partial charge is 0.494 e. The third-order valence-corrected chi connectivity index (χ3v) is 2.43. The number of aromatic nitrogens is 1. The van der Waals surface area contributed by atoms with E-state index in [9.17, 15) is 9.90 Å². The number of aromatic hydroxyl groups is 1. The Hall–Kier alpha value is -1.49. The van der Waals surface area contributed by atoms with Gasteiger partial charge in [-0.3, -0.25) is 0 Å². The van der Waals surface area contributed by atoms with Crippen LogP contribution in [0.3, 0.4) is 0 Å². The molecule has 4 nitrogen and oxygen atoms in total. The van der Waals surface area contributed by atoms with E-state index >= 15 is 0 Å². The number of fused-ring (bicyclic) bond motifs is 1. The van der Waals surface area contributed by atoms with E-state index in [0.29, 0.717) is 10.9 Å². The predicted octanol–water partition coefficient (Wildman–Crippen LogP) is 2.64. The summed E-state index contributed by atoms with van der Waals surface area (Å²) in [6, 6.07) is 6.58. The number of carbonyl (C=O) groups is 1. The minimum Gasteiger partial charge on any atom is -0.494 e. The Balaban J connectivity index is 2.86. The van der Waals surface area contributed by atoms with Gasteiger partial charge in [0.05, 0.1) is 5.52 Å². The monoisotopic (exact) mass is 255 g/mol. The maximum absolute atomic E-state index is 10.8. The molecule has 1 heterocycles. The smallest absolute Gasteiger partial charge is 0.418 e. The summed E-state index contributed by atoms with van der Waals surface area (Å²) in [5.74, 6) is -0.273. The Kier molecular flexibility index (Phi) is 1.96. The zero-order chi connectivity index (χ0) is 10.3. The number of hydrogen-bond acceptors (Lipinski definition) is 2. The summed E-state index contributed by atoms with van der Waals surface area (Å²) in [6.45, 7) is 0. The number of benzene rings is 1. The van der Waals surface area contributed by atoms with Gasteiger partial charge in [0, 0.05) is 15.9 Å². The molecule has 2 rings (SSSR count). The number of nitrogens with zero attached hydrogens (tertiary/aromatic N) is 1. The molecule has 0 fully saturated rings. The highest BCUT2D eigenvalue weighted by atomic mass is 79.9. The van der Waals surface area contributed by atoms with E-state index in [0.717, 1.165) is 9.04 Å². The molecule has 0 saturated heterocycles. The molecule has 0 spiro atoms. The molecule has 14 heavy (non-hydrogen) atoms. The maximum atomic E-state index is 10.8. The molecule has 5 heteroatoms. The van der Waals surface area contributed by atoms with Gasteiger partial charge in [0.1, 0.15) is 0 Å². The normalized spacial score (nSPS) is 10.6. The topological polar surface area (TPSA) is 62.5 Å². The van der Waals surface area contributed by atoms with Crippen LogP contribution in [0.2, 0.25) is 0 Å². The van der Waals surface area contributed by atoms with Crippen molar-refractivity contribution >= 4 is 32.9 Å². The highest BCUT2D eigenvalue weighted by Gasteiger charge is 2.12. The van der Waals surface area contributed by atoms with Crippen LogP contribution in [-0.2, 0) is 0 Å². The number of halogens is 1. The Bertz CT molecular complexity index is 518. The number of rotatable bonds is 0. The van der Waals surface area contributed by atoms with Crippen molar-refractivity contribution in [2.75, 3.05) is 0 Å². The minimum absolute atomic E-state index is 0.273. The minimum atomic E-state index is -1.20. The molecule has 0 aliphatic rings. The molecule has 0 amide bonds. The Labute approximate surface area is 87.5 Å². The summed E-state index contributed by atoms with van der Waals surface area (Å²) in [6.07, 6.45) is -1.20. The maximum Gasteiger partial charge on any atom is 0.418 e. The van der Waals surface area contributed by atoms with Gasteiger partial charge in [0.2, 0.25) is 5.88 Å². The first-order chi connectivity index (χ1) is 6.59. The molecule has 0 aliphatic heterocycles. The molecule has 0 atom stereocenters. The molecule has 2 N–H and O–H groups in total. The molecule has 1 aromatic heterocycles. The third-order valence-electron chi connectivity index (χ3n) is 1.94. The highest BCUT2D eigenvalue weighted by Crippen LogP contribution is 2.26. The van der Waals surface area contributed by atoms with Crippen molar-refractivity contribution in [3.8, 4) is 5.88 Å². The van der Waals surface area contributed by atoms with Gasteiger partial charge in [-0.1, -0.05) is 22.0 Å². The molecular weight excluding hydrogens is 250 g/mol. The van der Waals surface area contributed by atoms with Crippen LogP contribution in [0, 0.1) is 0 Å². The lowest BCUT2D eigenvalue weighted by Gasteiger charge is -1.99. The van der Waals surface area contributed by atoms with Crippen molar-refractivity contribution in [1.82, 2.24) is 4.57 Å². The van der Waals surface area contributed by atoms with E-state index < -0.39 is 6.09 Å². The van der Waals surface area contributed by atoms with Gasteiger partial charge >= 0.3 is 6.09 Å². The van der Waals surface area contributed by atoms with Crippen molar-refractivity contribution < 1.29 is 15.0 Å². The van der Waals surface area contributed by atoms with Gasteiger partial charge in [-0.25, -0.2) is 9.36 Å². The first-order valence-corrected chi connectivity index (χ1v) is 4.62. The second kappa shape index (κ2) is 3.02. The standard InChI is InChI=1S/C9H6BrNO3/c10-6-2-1-5-3-8(12)11(9(13)14)7(5)4-6/h1-4,12H,(H,13,14). The number of carboxylic acid groups (broad SMARTS) is 1. The average molecular weight is 256 g/mol. The van der Waals surface area contributed by atoms with Crippen LogP contribution in [0.5, 0.6) is 5.88 Å². The molecule has 2 aromatic rings. The van der Waals surface area contributed by atoms with Gasteiger partial charge in [0.15, 0.2) is 0 Å². The third kappa shape index (κ3) is 1.26. The number of hydrogen-bond donors (Lipinski definition) is 2. The van der Waals surface area contributed by atoms with Crippen molar-refractivity contribution in [2.45, 2.75) is 0 Å². The van der Waals surface area contributed by atoms with Gasteiger partial charge in [-0.05, 0) is 12.1 Å². The lowest BCUT2D eigenvalue weighted by Crippen LogP contribution is -2.06. The van der Waals surface area contributed by atoms with Crippen molar-refractivity contribution in [3.63, 3.8) is 0 Å². The van der Waals surface area contributed by atoms with Crippen LogP contribution in [0.1, 0.15) is 0 Å². The van der Waals surface area contributed by atoms with Gasteiger partial charge < -0.3 is 10.2 Å². The Morgan fingerprint density at radius 1 is 1.36 bits per heavy atom. The second-order valence-corrected chi connectivity index (χ2v) is 3.74. The first kappa shape index (κ1) is 9.08. The van der Waals surface area contributed by atoms with Gasteiger partial charge in [-0.2, -0.15) is 0 Å². The van der Waals surface area contributed by atoms with E-state index in [1.165, 1.54) is 6.07 Å². The van der Waals surface area contributed by atoms with Crippen LogP contribution in [0.15, 0.2) is 28.7 Å². The van der Waals surface area contributed by atoms with Crippen molar-refractivity contribution in [1.29, 1.82) is 0 Å². The highest BCUT2D eigenvalue weighted by molar-refractivity contribution is 9.10. The van der Waals surface area contributed by atoms with E-state index in [1.807, 2.05) is 0 Å². The molecule has 0 saturated carbocycles. The Morgan fingerprint density at radius 3 is 2.71 bits per heavy atom. The molecule has 1 aromatic carbocycles. The summed E-state index contributed by atoms with van der Waals surface area (Å²) >= 11 is 3.24. The van der Waals surface area contributed by atoms with E-state index in [1.54, 1.807) is 18.2 Å². The van der Waals surface area contributed by atoms with E-state index in [-0.39, 0.29) is 5.88 Å². The summed E-state index contributed by atoms with van der Waals surface area (Å²) in [4.78, 5) is 10.8. The zero-order valence-electron chi connectivity index (χ0n) is 6.94. The zero-order valence-corrected chi connectivity index (χ0v) is 8.52.